The largest absolute Gasteiger partial charge is 0.465 e. The van der Waals surface area contributed by atoms with Crippen molar-refractivity contribution >= 4 is 35.2 Å². The molecule has 0 aromatic heterocycles. The van der Waals surface area contributed by atoms with Gasteiger partial charge in [0.2, 0.25) is 0 Å². The number of methoxy groups -OCH3 is 1. The minimum atomic E-state index is -0.537. The summed E-state index contributed by atoms with van der Waals surface area (Å²) < 4.78 is 4.62. The molecule has 6 heteroatoms. The van der Waals surface area contributed by atoms with Gasteiger partial charge in [-0.25, -0.2) is 4.79 Å². The number of amides is 1. The first-order valence-corrected chi connectivity index (χ1v) is 7.70. The summed E-state index contributed by atoms with van der Waals surface area (Å²) in [5.74, 6) is -0.991. The highest BCUT2D eigenvalue weighted by atomic mass is 35.5. The third-order valence-corrected chi connectivity index (χ3v) is 3.69. The Balaban J connectivity index is 2.22. The third-order valence-electron chi connectivity index (χ3n) is 3.46. The molecule has 0 radical (unpaired) electrons. The van der Waals surface area contributed by atoms with Crippen LogP contribution in [0.2, 0.25) is 5.02 Å². The van der Waals surface area contributed by atoms with E-state index in [9.17, 15) is 14.9 Å². The average molecular weight is 355 g/mol. The van der Waals surface area contributed by atoms with Gasteiger partial charge < -0.3 is 10.1 Å². The Morgan fingerprint density at radius 1 is 1.20 bits per heavy atom. The van der Waals surface area contributed by atoms with Crippen LogP contribution in [0, 0.1) is 18.3 Å². The van der Waals surface area contributed by atoms with Gasteiger partial charge in [0.15, 0.2) is 0 Å². The highest BCUT2D eigenvalue weighted by Crippen LogP contribution is 2.21. The quantitative estimate of drug-likeness (QED) is 0.511. The predicted octanol–water partition coefficient (Wildman–Crippen LogP) is 3.98. The van der Waals surface area contributed by atoms with Crippen molar-refractivity contribution in [2.24, 2.45) is 0 Å². The fraction of sp³-hybridized carbons (Fsp3) is 0.105. The van der Waals surface area contributed by atoms with Gasteiger partial charge in [0.05, 0.1) is 12.7 Å². The molecule has 5 nitrogen and oxygen atoms in total. The zero-order chi connectivity index (χ0) is 18.4. The number of hydrogen-bond donors (Lipinski definition) is 1. The maximum absolute atomic E-state index is 12.3. The Morgan fingerprint density at radius 3 is 2.48 bits per heavy atom. The molecule has 2 rings (SSSR count). The van der Waals surface area contributed by atoms with E-state index in [2.05, 4.69) is 10.1 Å². The fourth-order valence-corrected chi connectivity index (χ4v) is 2.24. The molecule has 1 N–H and O–H groups in total. The van der Waals surface area contributed by atoms with Gasteiger partial charge in [-0.3, -0.25) is 4.79 Å². The maximum Gasteiger partial charge on any atom is 0.337 e. The predicted molar refractivity (Wildman–Crippen MR) is 96.2 cm³/mol. The van der Waals surface area contributed by atoms with Gasteiger partial charge in [0.1, 0.15) is 11.6 Å². The number of nitrogens with one attached hydrogen (secondary N) is 1. The first-order chi connectivity index (χ1) is 11.9. The molecule has 2 aromatic carbocycles. The zero-order valence-electron chi connectivity index (χ0n) is 13.7. The second-order valence-corrected chi connectivity index (χ2v) is 5.63. The maximum atomic E-state index is 12.3. The van der Waals surface area contributed by atoms with Crippen LogP contribution in [0.25, 0.3) is 6.08 Å². The average Bonchev–Trinajstić information content (AvgIpc) is 2.62. The molecule has 0 heterocycles. The van der Waals surface area contributed by atoms with E-state index in [4.69, 9.17) is 11.6 Å². The van der Waals surface area contributed by atoms with E-state index in [1.165, 1.54) is 13.2 Å². The van der Waals surface area contributed by atoms with Crippen molar-refractivity contribution in [1.82, 2.24) is 0 Å². The SMILES string of the molecule is COC(=O)c1ccc(/C=C(\C#N)C(=O)Nc2cc(Cl)ccc2C)cc1. The topological polar surface area (TPSA) is 79.2 Å². The van der Waals surface area contributed by atoms with E-state index in [-0.39, 0.29) is 5.57 Å². The van der Waals surface area contributed by atoms with E-state index < -0.39 is 11.9 Å². The molecule has 0 saturated heterocycles. The molecule has 2 aromatic rings. The lowest BCUT2D eigenvalue weighted by Crippen LogP contribution is -2.14. The molecule has 0 aliphatic carbocycles. The third kappa shape index (κ3) is 4.69. The summed E-state index contributed by atoms with van der Waals surface area (Å²) in [6.07, 6.45) is 1.44. The molecule has 126 valence electrons. The molecule has 0 unspecified atom stereocenters. The van der Waals surface area contributed by atoms with Crippen molar-refractivity contribution in [2.45, 2.75) is 6.92 Å². The lowest BCUT2D eigenvalue weighted by Gasteiger charge is -2.08. The van der Waals surface area contributed by atoms with Crippen LogP contribution in [0.5, 0.6) is 0 Å². The summed E-state index contributed by atoms with van der Waals surface area (Å²) in [6, 6.07) is 13.4. The van der Waals surface area contributed by atoms with E-state index >= 15 is 0 Å². The van der Waals surface area contributed by atoms with Gasteiger partial charge in [0, 0.05) is 10.7 Å². The van der Waals surface area contributed by atoms with Gasteiger partial charge in [-0.15, -0.1) is 0 Å². The van der Waals surface area contributed by atoms with Crippen LogP contribution in [0.15, 0.2) is 48.0 Å². The van der Waals surface area contributed by atoms with Gasteiger partial charge in [-0.2, -0.15) is 5.26 Å². The number of benzene rings is 2. The van der Waals surface area contributed by atoms with Crippen molar-refractivity contribution in [3.63, 3.8) is 0 Å². The lowest BCUT2D eigenvalue weighted by atomic mass is 10.1. The van der Waals surface area contributed by atoms with Crippen LogP contribution in [0.4, 0.5) is 5.69 Å². The fourth-order valence-electron chi connectivity index (χ4n) is 2.07. The second-order valence-electron chi connectivity index (χ2n) is 5.20. The number of esters is 1. The molecule has 25 heavy (non-hydrogen) atoms. The van der Waals surface area contributed by atoms with Crippen molar-refractivity contribution in [1.29, 1.82) is 5.26 Å². The molecule has 0 fully saturated rings. The number of ether oxygens (including phenoxy) is 1. The highest BCUT2D eigenvalue weighted by Gasteiger charge is 2.12. The molecule has 0 aliphatic rings. The molecule has 0 spiro atoms. The second kappa shape index (κ2) is 8.13. The summed E-state index contributed by atoms with van der Waals surface area (Å²) in [7, 11) is 1.30. The first kappa shape index (κ1) is 18.2. The van der Waals surface area contributed by atoms with Gasteiger partial charge in [-0.05, 0) is 48.4 Å². The van der Waals surface area contributed by atoms with Crippen LogP contribution >= 0.6 is 11.6 Å². The van der Waals surface area contributed by atoms with Gasteiger partial charge in [0.25, 0.3) is 5.91 Å². The van der Waals surface area contributed by atoms with E-state index in [0.717, 1.165) is 5.56 Å². The van der Waals surface area contributed by atoms with Gasteiger partial charge in [-0.1, -0.05) is 29.8 Å². The first-order valence-electron chi connectivity index (χ1n) is 7.32. The smallest absolute Gasteiger partial charge is 0.337 e. The van der Waals surface area contributed by atoms with Crippen molar-refractivity contribution in [2.75, 3.05) is 12.4 Å². The summed E-state index contributed by atoms with van der Waals surface area (Å²) >= 11 is 5.93. The van der Waals surface area contributed by atoms with Gasteiger partial charge >= 0.3 is 5.97 Å². The number of anilines is 1. The number of carbonyl (C=O) groups excluding carboxylic acids is 2. The molecule has 0 aliphatic heterocycles. The lowest BCUT2D eigenvalue weighted by molar-refractivity contribution is -0.112. The van der Waals surface area contributed by atoms with Crippen LogP contribution in [0.3, 0.4) is 0 Å². The monoisotopic (exact) mass is 354 g/mol. The summed E-state index contributed by atoms with van der Waals surface area (Å²) in [5.41, 5.74) is 2.31. The van der Waals surface area contributed by atoms with E-state index in [0.29, 0.717) is 21.8 Å². The number of carbonyl (C=O) groups is 2. The minimum Gasteiger partial charge on any atom is -0.465 e. The normalized spacial score (nSPS) is 10.7. The Morgan fingerprint density at radius 2 is 1.88 bits per heavy atom. The van der Waals surface area contributed by atoms with E-state index in [1.54, 1.807) is 42.5 Å². The summed E-state index contributed by atoms with van der Waals surface area (Å²) in [5, 5.41) is 12.4. The molecular weight excluding hydrogens is 340 g/mol. The summed E-state index contributed by atoms with van der Waals surface area (Å²) in [6.45, 7) is 1.83. The molecule has 0 saturated carbocycles. The Kier molecular flexibility index (Phi) is 5.93. The molecule has 1 amide bonds. The highest BCUT2D eigenvalue weighted by molar-refractivity contribution is 6.31. The number of nitriles is 1. The number of nitrogens with zero attached hydrogens (tertiary/aromatic N) is 1. The van der Waals surface area contributed by atoms with Crippen LogP contribution in [-0.4, -0.2) is 19.0 Å². The standard InChI is InChI=1S/C19H15ClN2O3/c1-12-3-8-16(20)10-17(12)22-18(23)15(11-21)9-13-4-6-14(7-5-13)19(24)25-2/h3-10H,1-2H3,(H,22,23)/b15-9+. The number of aryl methyl sites for hydroxylation is 1. The molecular formula is C19H15ClN2O3. The van der Waals surface area contributed by atoms with Crippen LogP contribution in [0.1, 0.15) is 21.5 Å². The molecule has 0 atom stereocenters. The zero-order valence-corrected chi connectivity index (χ0v) is 14.4. The van der Waals surface area contributed by atoms with Crippen LogP contribution < -0.4 is 5.32 Å². The number of halogens is 1. The summed E-state index contributed by atoms with van der Waals surface area (Å²) in [4.78, 5) is 23.7. The number of rotatable bonds is 4. The Hall–Kier alpha value is -3.10. The number of hydrogen-bond acceptors (Lipinski definition) is 4. The Bertz CT molecular complexity index is 881. The van der Waals surface area contributed by atoms with Crippen molar-refractivity contribution in [3.8, 4) is 6.07 Å². The van der Waals surface area contributed by atoms with Crippen LogP contribution in [-0.2, 0) is 9.53 Å². The molecule has 0 bridgehead atoms. The van der Waals surface area contributed by atoms with Crippen molar-refractivity contribution in [3.05, 3.63) is 69.8 Å². The Labute approximate surface area is 150 Å². The minimum absolute atomic E-state index is 0.0646. The van der Waals surface area contributed by atoms with Crippen molar-refractivity contribution < 1.29 is 14.3 Å². The van der Waals surface area contributed by atoms with E-state index in [1.807, 2.05) is 13.0 Å².